The Balaban J connectivity index is 3.16. The lowest BCUT2D eigenvalue weighted by Gasteiger charge is -2.31. The summed E-state index contributed by atoms with van der Waals surface area (Å²) in [6, 6.07) is 9.23. The first kappa shape index (κ1) is 15.2. The third-order valence-electron chi connectivity index (χ3n) is 2.25. The zero-order valence-corrected chi connectivity index (χ0v) is 12.0. The number of rotatable bonds is 3. The van der Waals surface area contributed by atoms with E-state index in [0.717, 1.165) is 10.6 Å². The highest BCUT2D eigenvalue weighted by Gasteiger charge is 2.29. The zero-order valence-electron chi connectivity index (χ0n) is 10.5. The Morgan fingerprint density at radius 2 is 1.83 bits per heavy atom. The van der Waals surface area contributed by atoms with Crippen LogP contribution in [-0.2, 0) is 5.21 Å². The van der Waals surface area contributed by atoms with Gasteiger partial charge in [-0.15, -0.1) is 10.3 Å². The van der Waals surface area contributed by atoms with Gasteiger partial charge in [0.05, 0.1) is 0 Å². The molecule has 0 bridgehead atoms. The van der Waals surface area contributed by atoms with E-state index in [2.05, 4.69) is 10.9 Å². The molecule has 1 aromatic carbocycles. The Morgan fingerprint density at radius 1 is 1.28 bits per heavy atom. The predicted molar refractivity (Wildman–Crippen MR) is 74.1 cm³/mol. The van der Waals surface area contributed by atoms with E-state index in [-0.39, 0.29) is 4.49 Å². The van der Waals surface area contributed by atoms with Gasteiger partial charge in [0.25, 0.3) is 0 Å². The third kappa shape index (κ3) is 4.45. The number of hydroxylamine groups is 2. The molecule has 0 heterocycles. The normalized spacial score (nSPS) is 13.1. The SMILES string of the molecule is CC(C)(C)N([O])C(N=C=C(Cl)Cl)c1ccccc1. The lowest BCUT2D eigenvalue weighted by molar-refractivity contribution is -0.240. The van der Waals surface area contributed by atoms with Crippen molar-refractivity contribution in [3.05, 3.63) is 40.4 Å². The molecular weight excluding hydrogens is 271 g/mol. The van der Waals surface area contributed by atoms with Crippen LogP contribution in [-0.4, -0.2) is 16.5 Å². The largest absolute Gasteiger partial charge is 0.214 e. The highest BCUT2D eigenvalue weighted by molar-refractivity contribution is 6.59. The number of aliphatic imine (C=N–C) groups is 1. The second-order valence-electron chi connectivity index (χ2n) is 4.78. The zero-order chi connectivity index (χ0) is 13.8. The maximum atomic E-state index is 12.3. The second kappa shape index (κ2) is 6.37. The smallest absolute Gasteiger partial charge is 0.167 e. The average molecular weight is 286 g/mol. The first-order valence-corrected chi connectivity index (χ1v) is 6.23. The third-order valence-corrected chi connectivity index (χ3v) is 2.42. The van der Waals surface area contributed by atoms with Crippen molar-refractivity contribution >= 4 is 29.1 Å². The van der Waals surface area contributed by atoms with E-state index in [1.807, 2.05) is 51.1 Å². The molecule has 0 saturated heterocycles. The summed E-state index contributed by atoms with van der Waals surface area (Å²) in [5.74, 6) is 2.43. The van der Waals surface area contributed by atoms with Gasteiger partial charge in [0, 0.05) is 11.4 Å². The van der Waals surface area contributed by atoms with Crippen molar-refractivity contribution in [1.29, 1.82) is 0 Å². The molecule has 5 heteroatoms. The van der Waals surface area contributed by atoms with Crippen molar-refractivity contribution in [1.82, 2.24) is 5.06 Å². The second-order valence-corrected chi connectivity index (χ2v) is 5.73. The molecule has 1 radical (unpaired) electrons. The Kier molecular flexibility index (Phi) is 5.39. The maximum Gasteiger partial charge on any atom is 0.167 e. The summed E-state index contributed by atoms with van der Waals surface area (Å²) in [6.45, 7) is 5.45. The minimum atomic E-state index is -0.710. The predicted octanol–water partition coefficient (Wildman–Crippen LogP) is 4.12. The van der Waals surface area contributed by atoms with Gasteiger partial charge < -0.3 is 0 Å². The Morgan fingerprint density at radius 3 is 2.28 bits per heavy atom. The molecule has 0 N–H and O–H groups in total. The molecule has 1 aromatic rings. The quantitative estimate of drug-likeness (QED) is 0.608. The molecule has 0 spiro atoms. The molecule has 0 aliphatic rings. The van der Waals surface area contributed by atoms with E-state index in [4.69, 9.17) is 23.2 Å². The lowest BCUT2D eigenvalue weighted by Crippen LogP contribution is -2.39. The van der Waals surface area contributed by atoms with Crippen LogP contribution in [0.5, 0.6) is 0 Å². The summed E-state index contributed by atoms with van der Waals surface area (Å²) in [5.41, 5.74) is 0.189. The van der Waals surface area contributed by atoms with Crippen molar-refractivity contribution in [3.63, 3.8) is 0 Å². The minimum Gasteiger partial charge on any atom is -0.214 e. The van der Waals surface area contributed by atoms with E-state index in [1.165, 1.54) is 0 Å². The summed E-state index contributed by atoms with van der Waals surface area (Å²) < 4.78 is -0.0989. The molecule has 0 saturated carbocycles. The van der Waals surface area contributed by atoms with Crippen LogP contribution in [0.2, 0.25) is 0 Å². The number of hydrogen-bond donors (Lipinski definition) is 0. The average Bonchev–Trinajstić information content (AvgIpc) is 2.29. The molecule has 18 heavy (non-hydrogen) atoms. The van der Waals surface area contributed by atoms with Gasteiger partial charge in [-0.2, -0.15) is 0 Å². The fourth-order valence-electron chi connectivity index (χ4n) is 1.36. The molecule has 1 rings (SSSR count). The van der Waals surface area contributed by atoms with Gasteiger partial charge >= 0.3 is 0 Å². The molecule has 1 atom stereocenters. The molecule has 0 aromatic heterocycles. The van der Waals surface area contributed by atoms with Gasteiger partial charge in [0.2, 0.25) is 0 Å². The van der Waals surface area contributed by atoms with Gasteiger partial charge in [-0.1, -0.05) is 53.5 Å². The summed E-state index contributed by atoms with van der Waals surface area (Å²) in [4.78, 5) is 4.02. The Hall–Kier alpha value is -0.830. The molecule has 1 unspecified atom stereocenters. The molecule has 0 amide bonds. The van der Waals surface area contributed by atoms with Crippen LogP contribution in [0.15, 0.2) is 39.8 Å². The van der Waals surface area contributed by atoms with E-state index in [0.29, 0.717) is 0 Å². The number of nitrogens with zero attached hydrogens (tertiary/aromatic N) is 2. The van der Waals surface area contributed by atoms with E-state index in [9.17, 15) is 5.21 Å². The van der Waals surface area contributed by atoms with Crippen molar-refractivity contribution < 1.29 is 5.21 Å². The molecular formula is C13H15Cl2N2O. The standard InChI is InChI=1S/C13H15Cl2N2O/c1-13(2,3)17(18)12(16-9-11(14)15)10-7-5-4-6-8-10/h4-8,12H,1-3H3. The summed E-state index contributed by atoms with van der Waals surface area (Å²) >= 11 is 11.0. The molecule has 0 aliphatic carbocycles. The van der Waals surface area contributed by atoms with Crippen LogP contribution in [0.3, 0.4) is 0 Å². The van der Waals surface area contributed by atoms with Crippen LogP contribution in [0.4, 0.5) is 0 Å². The van der Waals surface area contributed by atoms with Gasteiger partial charge in [-0.05, 0) is 26.3 Å². The first-order valence-electron chi connectivity index (χ1n) is 5.47. The van der Waals surface area contributed by atoms with Gasteiger partial charge in [-0.25, -0.2) is 4.99 Å². The van der Waals surface area contributed by atoms with Crippen LogP contribution in [0.25, 0.3) is 0 Å². The van der Waals surface area contributed by atoms with Crippen molar-refractivity contribution in [2.24, 2.45) is 4.99 Å². The van der Waals surface area contributed by atoms with Gasteiger partial charge in [0.15, 0.2) is 10.7 Å². The lowest BCUT2D eigenvalue weighted by atomic mass is 10.1. The summed E-state index contributed by atoms with van der Waals surface area (Å²) in [6.07, 6.45) is -0.710. The minimum absolute atomic E-state index is 0.0989. The topological polar surface area (TPSA) is 35.5 Å². The number of hydrogen-bond acceptors (Lipinski definition) is 2. The van der Waals surface area contributed by atoms with Gasteiger partial charge in [0.1, 0.15) is 0 Å². The highest BCUT2D eigenvalue weighted by Crippen LogP contribution is 2.27. The molecule has 97 valence electrons. The first-order chi connectivity index (χ1) is 8.32. The Bertz CT molecular complexity index is 444. The molecule has 3 nitrogen and oxygen atoms in total. The van der Waals surface area contributed by atoms with Crippen molar-refractivity contribution in [3.8, 4) is 0 Å². The van der Waals surface area contributed by atoms with Crippen molar-refractivity contribution in [2.75, 3.05) is 0 Å². The van der Waals surface area contributed by atoms with Crippen LogP contribution in [0.1, 0.15) is 32.5 Å². The maximum absolute atomic E-state index is 12.3. The molecule has 0 aliphatic heterocycles. The van der Waals surface area contributed by atoms with Crippen LogP contribution in [0, 0.1) is 0 Å². The van der Waals surface area contributed by atoms with E-state index in [1.54, 1.807) is 0 Å². The van der Waals surface area contributed by atoms with Gasteiger partial charge in [-0.3, -0.25) is 0 Å². The summed E-state index contributed by atoms with van der Waals surface area (Å²) in [5, 5.41) is 13.2. The van der Waals surface area contributed by atoms with Crippen LogP contribution < -0.4 is 0 Å². The fraction of sp³-hybridized carbons (Fsp3) is 0.385. The monoisotopic (exact) mass is 285 g/mol. The van der Waals surface area contributed by atoms with Crippen LogP contribution >= 0.6 is 23.2 Å². The highest BCUT2D eigenvalue weighted by atomic mass is 35.5. The van der Waals surface area contributed by atoms with Crippen molar-refractivity contribution in [2.45, 2.75) is 32.5 Å². The van der Waals surface area contributed by atoms with E-state index < -0.39 is 11.7 Å². The number of benzene rings is 1. The van der Waals surface area contributed by atoms with E-state index >= 15 is 0 Å². The number of halogens is 2. The molecule has 0 fully saturated rings. The fourth-order valence-corrected chi connectivity index (χ4v) is 1.46. The Labute approximate surface area is 117 Å². The summed E-state index contributed by atoms with van der Waals surface area (Å²) in [7, 11) is 0.